The number of hydrazone groups is 1. The summed E-state index contributed by atoms with van der Waals surface area (Å²) in [4.78, 5) is 16.8. The molecule has 0 bridgehead atoms. The van der Waals surface area contributed by atoms with Crippen LogP contribution in [-0.4, -0.2) is 67.3 Å². The van der Waals surface area contributed by atoms with Crippen molar-refractivity contribution in [2.45, 2.75) is 13.3 Å². The SMILES string of the molecule is C=NN1CNC(CC)=C(N2CCN(C)CC2)C1=O. The molecule has 18 heavy (non-hydrogen) atoms. The standard InChI is InChI=1S/C12H21N5O/c1-4-10-11(12(18)17(13-2)9-14-10)16-7-5-15(3)6-8-16/h14H,2,4-9H2,1,3H3. The summed E-state index contributed by atoms with van der Waals surface area (Å²) in [6.07, 6.45) is 0.832. The fourth-order valence-electron chi connectivity index (χ4n) is 2.34. The van der Waals surface area contributed by atoms with Crippen LogP contribution in [0.25, 0.3) is 0 Å². The summed E-state index contributed by atoms with van der Waals surface area (Å²) in [6, 6.07) is 0. The van der Waals surface area contributed by atoms with E-state index in [2.05, 4.69) is 40.9 Å². The van der Waals surface area contributed by atoms with Crippen molar-refractivity contribution in [2.24, 2.45) is 5.10 Å². The van der Waals surface area contributed by atoms with E-state index in [1.807, 2.05) is 0 Å². The van der Waals surface area contributed by atoms with Crippen molar-refractivity contribution >= 4 is 12.6 Å². The Labute approximate surface area is 108 Å². The third kappa shape index (κ3) is 2.33. The monoisotopic (exact) mass is 251 g/mol. The Hall–Kier alpha value is -1.56. The number of likely N-dealkylation sites (N-methyl/N-ethyl adjacent to an activating group) is 1. The normalized spacial score (nSPS) is 22.2. The molecule has 2 rings (SSSR count). The van der Waals surface area contributed by atoms with Crippen molar-refractivity contribution < 1.29 is 4.79 Å². The molecule has 0 aromatic rings. The highest BCUT2D eigenvalue weighted by Crippen LogP contribution is 2.20. The molecular formula is C12H21N5O. The first kappa shape index (κ1) is 12.9. The predicted octanol–water partition coefficient (Wildman–Crippen LogP) is -0.140. The molecule has 0 aromatic heterocycles. The highest BCUT2D eigenvalue weighted by atomic mass is 16.2. The van der Waals surface area contributed by atoms with E-state index in [0.29, 0.717) is 6.67 Å². The molecule has 0 atom stereocenters. The molecule has 1 fully saturated rings. The molecule has 1 amide bonds. The van der Waals surface area contributed by atoms with Crippen molar-refractivity contribution in [1.29, 1.82) is 0 Å². The number of piperazine rings is 1. The first-order valence-electron chi connectivity index (χ1n) is 6.36. The minimum absolute atomic E-state index is 0.0369. The van der Waals surface area contributed by atoms with Gasteiger partial charge in [0.1, 0.15) is 12.4 Å². The van der Waals surface area contributed by atoms with Crippen LogP contribution in [0.5, 0.6) is 0 Å². The fourth-order valence-corrected chi connectivity index (χ4v) is 2.34. The molecule has 0 radical (unpaired) electrons. The van der Waals surface area contributed by atoms with Crippen molar-refractivity contribution in [3.63, 3.8) is 0 Å². The molecule has 2 aliphatic rings. The number of nitrogens with zero attached hydrogens (tertiary/aromatic N) is 4. The topological polar surface area (TPSA) is 51.2 Å². The zero-order valence-corrected chi connectivity index (χ0v) is 11.1. The van der Waals surface area contributed by atoms with Crippen molar-refractivity contribution in [3.05, 3.63) is 11.4 Å². The second-order valence-electron chi connectivity index (χ2n) is 4.65. The van der Waals surface area contributed by atoms with E-state index in [0.717, 1.165) is 44.0 Å². The van der Waals surface area contributed by atoms with Gasteiger partial charge in [-0.25, -0.2) is 5.01 Å². The van der Waals surface area contributed by atoms with Crippen LogP contribution >= 0.6 is 0 Å². The lowest BCUT2D eigenvalue weighted by atomic mass is 10.1. The van der Waals surface area contributed by atoms with E-state index in [1.165, 1.54) is 5.01 Å². The minimum Gasteiger partial charge on any atom is -0.368 e. The lowest BCUT2D eigenvalue weighted by molar-refractivity contribution is -0.130. The Morgan fingerprint density at radius 2 is 2.00 bits per heavy atom. The molecule has 1 saturated heterocycles. The molecule has 6 nitrogen and oxygen atoms in total. The summed E-state index contributed by atoms with van der Waals surface area (Å²) in [5, 5.41) is 8.39. The fraction of sp³-hybridized carbons (Fsp3) is 0.667. The number of hydrogen-bond donors (Lipinski definition) is 1. The molecule has 0 aliphatic carbocycles. The van der Waals surface area contributed by atoms with Crippen LogP contribution in [0.2, 0.25) is 0 Å². The predicted molar refractivity (Wildman–Crippen MR) is 70.8 cm³/mol. The third-order valence-corrected chi connectivity index (χ3v) is 3.51. The van der Waals surface area contributed by atoms with E-state index in [-0.39, 0.29) is 5.91 Å². The number of hydrogen-bond acceptors (Lipinski definition) is 5. The zero-order chi connectivity index (χ0) is 13.1. The lowest BCUT2D eigenvalue weighted by Crippen LogP contribution is -2.51. The van der Waals surface area contributed by atoms with Gasteiger partial charge in [-0.2, -0.15) is 5.10 Å². The van der Waals surface area contributed by atoms with Crippen LogP contribution < -0.4 is 5.32 Å². The maximum absolute atomic E-state index is 12.3. The molecule has 0 spiro atoms. The van der Waals surface area contributed by atoms with Crippen molar-refractivity contribution in [1.82, 2.24) is 20.1 Å². The Bertz CT molecular complexity index is 371. The van der Waals surface area contributed by atoms with E-state index in [4.69, 9.17) is 0 Å². The summed E-state index contributed by atoms with van der Waals surface area (Å²) < 4.78 is 0. The number of nitrogens with one attached hydrogen (secondary N) is 1. The van der Waals surface area contributed by atoms with Gasteiger partial charge in [-0.15, -0.1) is 0 Å². The molecule has 2 aliphatic heterocycles. The van der Waals surface area contributed by atoms with Gasteiger partial charge in [-0.1, -0.05) is 6.92 Å². The highest BCUT2D eigenvalue weighted by Gasteiger charge is 2.31. The van der Waals surface area contributed by atoms with Crippen LogP contribution in [0.15, 0.2) is 16.5 Å². The minimum atomic E-state index is -0.0369. The third-order valence-electron chi connectivity index (χ3n) is 3.51. The lowest BCUT2D eigenvalue weighted by Gasteiger charge is -2.39. The van der Waals surface area contributed by atoms with E-state index < -0.39 is 0 Å². The number of rotatable bonds is 3. The Balaban J connectivity index is 2.22. The summed E-state index contributed by atoms with van der Waals surface area (Å²) >= 11 is 0. The quantitative estimate of drug-likeness (QED) is 0.709. The Morgan fingerprint density at radius 1 is 1.33 bits per heavy atom. The van der Waals surface area contributed by atoms with E-state index >= 15 is 0 Å². The van der Waals surface area contributed by atoms with Crippen LogP contribution in [0.3, 0.4) is 0 Å². The molecule has 0 aromatic carbocycles. The van der Waals surface area contributed by atoms with Crippen LogP contribution in [0.4, 0.5) is 0 Å². The average molecular weight is 251 g/mol. The van der Waals surface area contributed by atoms with Gasteiger partial charge in [0.25, 0.3) is 5.91 Å². The molecular weight excluding hydrogens is 230 g/mol. The molecule has 0 saturated carbocycles. The summed E-state index contributed by atoms with van der Waals surface area (Å²) in [5.41, 5.74) is 1.79. The van der Waals surface area contributed by atoms with Gasteiger partial charge in [0.05, 0.1) is 0 Å². The Morgan fingerprint density at radius 3 is 2.56 bits per heavy atom. The molecule has 2 heterocycles. The van der Waals surface area contributed by atoms with Crippen molar-refractivity contribution in [2.75, 3.05) is 39.9 Å². The van der Waals surface area contributed by atoms with Crippen LogP contribution in [0.1, 0.15) is 13.3 Å². The average Bonchev–Trinajstić information content (AvgIpc) is 2.39. The molecule has 6 heteroatoms. The first-order valence-corrected chi connectivity index (χ1v) is 6.36. The molecule has 1 N–H and O–H groups in total. The largest absolute Gasteiger partial charge is 0.368 e. The van der Waals surface area contributed by atoms with E-state index in [1.54, 1.807) is 0 Å². The summed E-state index contributed by atoms with van der Waals surface area (Å²) in [6.45, 7) is 9.65. The molecule has 100 valence electrons. The van der Waals surface area contributed by atoms with Crippen LogP contribution in [-0.2, 0) is 4.79 Å². The highest BCUT2D eigenvalue weighted by molar-refractivity contribution is 5.94. The van der Waals surface area contributed by atoms with Crippen molar-refractivity contribution in [3.8, 4) is 0 Å². The van der Waals surface area contributed by atoms with Gasteiger partial charge in [-0.05, 0) is 13.5 Å². The van der Waals surface area contributed by atoms with Gasteiger partial charge in [-0.3, -0.25) is 4.79 Å². The van der Waals surface area contributed by atoms with Crippen LogP contribution in [0, 0.1) is 0 Å². The van der Waals surface area contributed by atoms with Gasteiger partial charge < -0.3 is 15.1 Å². The number of carbonyl (C=O) groups is 1. The second-order valence-corrected chi connectivity index (χ2v) is 4.65. The maximum Gasteiger partial charge on any atom is 0.293 e. The smallest absolute Gasteiger partial charge is 0.293 e. The summed E-state index contributed by atoms with van der Waals surface area (Å²) in [5.74, 6) is -0.0369. The first-order chi connectivity index (χ1) is 8.67. The van der Waals surface area contributed by atoms with Gasteiger partial charge in [0.2, 0.25) is 0 Å². The number of allylic oxidation sites excluding steroid dienone is 1. The second kappa shape index (κ2) is 5.39. The number of amides is 1. The number of carbonyl (C=O) groups excluding carboxylic acids is 1. The van der Waals surface area contributed by atoms with Gasteiger partial charge in [0.15, 0.2) is 0 Å². The molecule has 0 unspecified atom stereocenters. The van der Waals surface area contributed by atoms with Gasteiger partial charge >= 0.3 is 0 Å². The van der Waals surface area contributed by atoms with E-state index in [9.17, 15) is 4.79 Å². The zero-order valence-electron chi connectivity index (χ0n) is 11.1. The Kier molecular flexibility index (Phi) is 3.86. The van der Waals surface area contributed by atoms with Gasteiger partial charge in [0, 0.05) is 38.6 Å². The summed E-state index contributed by atoms with van der Waals surface area (Å²) in [7, 11) is 2.10. The maximum atomic E-state index is 12.3.